The molecule has 0 amide bonds. The van der Waals surface area contributed by atoms with Crippen molar-refractivity contribution in [3.63, 3.8) is 0 Å². The van der Waals surface area contributed by atoms with Crippen LogP contribution >= 0.6 is 0 Å². The lowest BCUT2D eigenvalue weighted by Crippen LogP contribution is -2.14. The van der Waals surface area contributed by atoms with Crippen LogP contribution in [0.3, 0.4) is 0 Å². The molecule has 1 aromatic carbocycles. The van der Waals surface area contributed by atoms with Gasteiger partial charge < -0.3 is 14.7 Å². The number of benzene rings is 1. The summed E-state index contributed by atoms with van der Waals surface area (Å²) < 4.78 is 5.63. The molecule has 1 aromatic rings. The fraction of sp³-hybridized carbons (Fsp3) is 0.462. The van der Waals surface area contributed by atoms with E-state index in [0.29, 0.717) is 12.5 Å². The van der Waals surface area contributed by atoms with E-state index in [4.69, 9.17) is 14.7 Å². The Morgan fingerprint density at radius 2 is 2.06 bits per heavy atom. The molecule has 17 heavy (non-hydrogen) atoms. The predicted octanol–water partition coefficient (Wildman–Crippen LogP) is 1.97. The number of nitrogens with zero attached hydrogens (tertiary/aromatic N) is 1. The van der Waals surface area contributed by atoms with Crippen LogP contribution in [0.25, 0.3) is 0 Å². The Balaban J connectivity index is 1.89. The van der Waals surface area contributed by atoms with E-state index in [-0.39, 0.29) is 6.61 Å². The number of oxime groups is 1. The maximum Gasteiger partial charge on any atom is 0.130 e. The summed E-state index contributed by atoms with van der Waals surface area (Å²) in [5.41, 5.74) is 1.85. The molecule has 0 heterocycles. The van der Waals surface area contributed by atoms with Crippen molar-refractivity contribution >= 4 is 5.71 Å². The van der Waals surface area contributed by atoms with Gasteiger partial charge in [-0.1, -0.05) is 17.3 Å². The number of rotatable bonds is 6. The van der Waals surface area contributed by atoms with E-state index in [9.17, 15) is 0 Å². The molecule has 1 N–H and O–H groups in total. The number of aliphatic hydroxyl groups is 1. The number of aliphatic hydroxyl groups excluding tert-OH is 1. The summed E-state index contributed by atoms with van der Waals surface area (Å²) in [6.07, 6.45) is 2.35. The van der Waals surface area contributed by atoms with Gasteiger partial charge in [-0.3, -0.25) is 0 Å². The van der Waals surface area contributed by atoms with Crippen LogP contribution in [0, 0.1) is 5.92 Å². The Kier molecular flexibility index (Phi) is 3.98. The zero-order valence-electron chi connectivity index (χ0n) is 9.93. The summed E-state index contributed by atoms with van der Waals surface area (Å²) in [5.74, 6) is 1.32. The quantitative estimate of drug-likeness (QED) is 0.606. The first-order valence-electron chi connectivity index (χ1n) is 5.76. The molecule has 0 bridgehead atoms. The Labute approximate surface area is 101 Å². The highest BCUT2D eigenvalue weighted by atomic mass is 16.6. The fourth-order valence-corrected chi connectivity index (χ4v) is 1.60. The standard InChI is InChI=1S/C13H17NO3/c1-16-14-13(11-4-5-11)9-17-12-6-2-10(8-15)3-7-12/h2-3,6-7,11,15H,4-5,8-9H2,1H3. The summed E-state index contributed by atoms with van der Waals surface area (Å²) in [6.45, 7) is 0.524. The highest BCUT2D eigenvalue weighted by Gasteiger charge is 2.28. The van der Waals surface area contributed by atoms with Gasteiger partial charge in [-0.25, -0.2) is 0 Å². The Morgan fingerprint density at radius 1 is 1.35 bits per heavy atom. The predicted molar refractivity (Wildman–Crippen MR) is 65.0 cm³/mol. The molecule has 0 unspecified atom stereocenters. The zero-order chi connectivity index (χ0) is 12.1. The number of ether oxygens (including phenoxy) is 1. The van der Waals surface area contributed by atoms with Crippen molar-refractivity contribution in [3.8, 4) is 5.75 Å². The third kappa shape index (κ3) is 3.46. The highest BCUT2D eigenvalue weighted by molar-refractivity contribution is 5.89. The van der Waals surface area contributed by atoms with Gasteiger partial charge in [0.05, 0.1) is 12.3 Å². The first-order valence-corrected chi connectivity index (χ1v) is 5.76. The van der Waals surface area contributed by atoms with Crippen LogP contribution in [0.1, 0.15) is 18.4 Å². The van der Waals surface area contributed by atoms with Crippen LogP contribution in [-0.4, -0.2) is 24.5 Å². The minimum atomic E-state index is 0.0543. The lowest BCUT2D eigenvalue weighted by Gasteiger charge is -2.08. The monoisotopic (exact) mass is 235 g/mol. The molecule has 1 saturated carbocycles. The highest BCUT2D eigenvalue weighted by Crippen LogP contribution is 2.31. The van der Waals surface area contributed by atoms with Crippen LogP contribution < -0.4 is 4.74 Å². The van der Waals surface area contributed by atoms with Gasteiger partial charge in [-0.2, -0.15) is 0 Å². The van der Waals surface area contributed by atoms with Gasteiger partial charge >= 0.3 is 0 Å². The van der Waals surface area contributed by atoms with E-state index in [0.717, 1.165) is 17.0 Å². The second kappa shape index (κ2) is 5.68. The minimum Gasteiger partial charge on any atom is -0.488 e. The van der Waals surface area contributed by atoms with Crippen molar-refractivity contribution in [2.75, 3.05) is 13.7 Å². The third-order valence-corrected chi connectivity index (χ3v) is 2.75. The molecule has 0 aliphatic heterocycles. The molecule has 1 aliphatic rings. The normalized spacial score (nSPS) is 15.8. The van der Waals surface area contributed by atoms with E-state index in [1.807, 2.05) is 24.3 Å². The van der Waals surface area contributed by atoms with Gasteiger partial charge in [-0.05, 0) is 30.5 Å². The van der Waals surface area contributed by atoms with E-state index in [1.165, 1.54) is 12.8 Å². The summed E-state index contributed by atoms with van der Waals surface area (Å²) in [7, 11) is 1.55. The Morgan fingerprint density at radius 3 is 2.59 bits per heavy atom. The average Bonchev–Trinajstić information content (AvgIpc) is 3.19. The van der Waals surface area contributed by atoms with E-state index in [2.05, 4.69) is 5.16 Å². The van der Waals surface area contributed by atoms with Crippen molar-refractivity contribution in [1.82, 2.24) is 0 Å². The van der Waals surface area contributed by atoms with Crippen LogP contribution in [0.5, 0.6) is 5.75 Å². The first kappa shape index (κ1) is 11.9. The van der Waals surface area contributed by atoms with Gasteiger partial charge in [0.15, 0.2) is 0 Å². The largest absolute Gasteiger partial charge is 0.488 e. The molecular weight excluding hydrogens is 218 g/mol. The van der Waals surface area contributed by atoms with Gasteiger partial charge in [-0.15, -0.1) is 0 Å². The smallest absolute Gasteiger partial charge is 0.130 e. The van der Waals surface area contributed by atoms with Crippen LogP contribution in [-0.2, 0) is 11.4 Å². The summed E-state index contributed by atoms with van der Waals surface area (Å²) >= 11 is 0. The maximum absolute atomic E-state index is 8.92. The zero-order valence-corrected chi connectivity index (χ0v) is 9.93. The topological polar surface area (TPSA) is 51.0 Å². The van der Waals surface area contributed by atoms with Crippen LogP contribution in [0.2, 0.25) is 0 Å². The van der Waals surface area contributed by atoms with E-state index >= 15 is 0 Å². The molecule has 0 saturated heterocycles. The van der Waals surface area contributed by atoms with Gasteiger partial charge in [0.25, 0.3) is 0 Å². The molecule has 0 atom stereocenters. The van der Waals surface area contributed by atoms with Crippen LogP contribution in [0.15, 0.2) is 29.4 Å². The van der Waals surface area contributed by atoms with E-state index < -0.39 is 0 Å². The van der Waals surface area contributed by atoms with Gasteiger partial charge in [0.2, 0.25) is 0 Å². The molecule has 0 radical (unpaired) electrons. The van der Waals surface area contributed by atoms with Crippen molar-refractivity contribution in [1.29, 1.82) is 0 Å². The molecule has 1 aliphatic carbocycles. The summed E-state index contributed by atoms with van der Waals surface area (Å²) in [5, 5.41) is 12.9. The van der Waals surface area contributed by atoms with E-state index in [1.54, 1.807) is 7.11 Å². The maximum atomic E-state index is 8.92. The van der Waals surface area contributed by atoms with Crippen molar-refractivity contribution in [2.45, 2.75) is 19.4 Å². The lowest BCUT2D eigenvalue weighted by molar-refractivity contribution is 0.208. The van der Waals surface area contributed by atoms with Gasteiger partial charge in [0, 0.05) is 5.92 Å². The molecule has 4 nitrogen and oxygen atoms in total. The molecule has 2 rings (SSSR count). The number of hydrogen-bond acceptors (Lipinski definition) is 4. The second-order valence-electron chi connectivity index (χ2n) is 4.13. The molecule has 92 valence electrons. The third-order valence-electron chi connectivity index (χ3n) is 2.75. The fourth-order valence-electron chi connectivity index (χ4n) is 1.60. The average molecular weight is 235 g/mol. The second-order valence-corrected chi connectivity index (χ2v) is 4.13. The summed E-state index contributed by atoms with van der Waals surface area (Å²) in [4.78, 5) is 4.81. The minimum absolute atomic E-state index is 0.0543. The molecule has 4 heteroatoms. The Bertz CT molecular complexity index is 382. The molecule has 0 aromatic heterocycles. The molecule has 0 spiro atoms. The Hall–Kier alpha value is -1.55. The van der Waals surface area contributed by atoms with Crippen molar-refractivity contribution in [2.24, 2.45) is 11.1 Å². The molecule has 1 fully saturated rings. The number of hydrogen-bond donors (Lipinski definition) is 1. The molecular formula is C13H17NO3. The van der Waals surface area contributed by atoms with Crippen LogP contribution in [0.4, 0.5) is 0 Å². The summed E-state index contributed by atoms with van der Waals surface area (Å²) in [6, 6.07) is 7.39. The SMILES string of the molecule is CON=C(COc1ccc(CO)cc1)C1CC1. The van der Waals surface area contributed by atoms with Crippen molar-refractivity contribution < 1.29 is 14.7 Å². The van der Waals surface area contributed by atoms with Crippen molar-refractivity contribution in [3.05, 3.63) is 29.8 Å². The lowest BCUT2D eigenvalue weighted by atomic mass is 10.2. The first-order chi connectivity index (χ1) is 8.33. The van der Waals surface area contributed by atoms with Gasteiger partial charge in [0.1, 0.15) is 19.5 Å².